The van der Waals surface area contributed by atoms with Gasteiger partial charge >= 0.3 is 0 Å². The average Bonchev–Trinajstić information content (AvgIpc) is 2.98. The van der Waals surface area contributed by atoms with Crippen LogP contribution in [0, 0.1) is 0 Å². The molecule has 0 spiro atoms. The van der Waals surface area contributed by atoms with Crippen LogP contribution in [0.1, 0.15) is 32.8 Å². The highest BCUT2D eigenvalue weighted by Crippen LogP contribution is 2.32. The molecule has 11 heteroatoms. The molecule has 0 aliphatic heterocycles. The van der Waals surface area contributed by atoms with Gasteiger partial charge in [-0.3, -0.25) is 13.9 Å². The molecule has 0 fully saturated rings. The normalized spacial score (nSPS) is 12.6. The lowest BCUT2D eigenvalue weighted by atomic mass is 10.1. The second-order valence-corrected chi connectivity index (χ2v) is 11.8. The highest BCUT2D eigenvalue weighted by molar-refractivity contribution is 7.92. The first-order valence-electron chi connectivity index (χ1n) is 13.2. The van der Waals surface area contributed by atoms with E-state index >= 15 is 0 Å². The fraction of sp³-hybridized carbons (Fsp3) is 0.333. The molecule has 2 atom stereocenters. The second kappa shape index (κ2) is 14.2. The lowest BCUT2D eigenvalue weighted by Crippen LogP contribution is -2.52. The van der Waals surface area contributed by atoms with Crippen molar-refractivity contribution in [3.8, 4) is 11.5 Å². The van der Waals surface area contributed by atoms with Crippen molar-refractivity contribution in [3.05, 3.63) is 83.4 Å². The highest BCUT2D eigenvalue weighted by atomic mass is 35.5. The Balaban J connectivity index is 2.05. The molecule has 3 aromatic rings. The van der Waals surface area contributed by atoms with E-state index in [1.54, 1.807) is 19.1 Å². The van der Waals surface area contributed by atoms with E-state index in [2.05, 4.69) is 5.32 Å². The number of hydrogen-bond donors (Lipinski definition) is 1. The van der Waals surface area contributed by atoms with Crippen LogP contribution in [-0.4, -0.2) is 58.0 Å². The van der Waals surface area contributed by atoms with Gasteiger partial charge in [0.25, 0.3) is 10.0 Å². The maximum Gasteiger partial charge on any atom is 0.264 e. The number of sulfonamides is 1. The first-order valence-corrected chi connectivity index (χ1v) is 15.0. The lowest BCUT2D eigenvalue weighted by Gasteiger charge is -2.32. The predicted octanol–water partition coefficient (Wildman–Crippen LogP) is 4.88. The summed E-state index contributed by atoms with van der Waals surface area (Å²) in [7, 11) is -1.43. The first-order chi connectivity index (χ1) is 19.5. The van der Waals surface area contributed by atoms with Gasteiger partial charge < -0.3 is 19.7 Å². The summed E-state index contributed by atoms with van der Waals surface area (Å²) in [5, 5.41) is 3.32. The molecule has 0 unspecified atom stereocenters. The van der Waals surface area contributed by atoms with E-state index in [-0.39, 0.29) is 34.8 Å². The van der Waals surface area contributed by atoms with Crippen LogP contribution < -0.4 is 19.1 Å². The summed E-state index contributed by atoms with van der Waals surface area (Å²) in [6.07, 6.45) is 0.721. The van der Waals surface area contributed by atoms with Crippen molar-refractivity contribution in [3.63, 3.8) is 0 Å². The molecule has 0 aliphatic carbocycles. The van der Waals surface area contributed by atoms with Crippen LogP contribution in [0.2, 0.25) is 5.02 Å². The Morgan fingerprint density at radius 1 is 0.927 bits per heavy atom. The van der Waals surface area contributed by atoms with Gasteiger partial charge in [-0.05, 0) is 62.2 Å². The van der Waals surface area contributed by atoms with Crippen LogP contribution >= 0.6 is 11.6 Å². The van der Waals surface area contributed by atoms with Crippen molar-refractivity contribution in [1.82, 2.24) is 10.2 Å². The Hall–Kier alpha value is -3.76. The zero-order valence-corrected chi connectivity index (χ0v) is 25.4. The number of methoxy groups -OCH3 is 2. The molecule has 220 valence electrons. The molecule has 0 aliphatic rings. The molecular formula is C30H36ClN3O6S. The summed E-state index contributed by atoms with van der Waals surface area (Å²) in [4.78, 5) is 28.4. The maximum absolute atomic E-state index is 14.0. The average molecular weight is 602 g/mol. The van der Waals surface area contributed by atoms with Crippen molar-refractivity contribution in [2.24, 2.45) is 0 Å². The van der Waals surface area contributed by atoms with Crippen molar-refractivity contribution in [2.45, 2.75) is 50.7 Å². The Labute approximate surface area is 247 Å². The summed E-state index contributed by atoms with van der Waals surface area (Å²) in [6, 6.07) is 18.6. The number of halogens is 1. The summed E-state index contributed by atoms with van der Waals surface area (Å²) in [5.41, 5.74) is 1.03. The molecule has 1 N–H and O–H groups in total. The number of ether oxygens (including phenoxy) is 2. The molecule has 0 saturated carbocycles. The molecule has 0 radical (unpaired) electrons. The van der Waals surface area contributed by atoms with Crippen molar-refractivity contribution in [2.75, 3.05) is 25.1 Å². The van der Waals surface area contributed by atoms with Crippen molar-refractivity contribution in [1.29, 1.82) is 0 Å². The summed E-state index contributed by atoms with van der Waals surface area (Å²) < 4.78 is 39.6. The number of benzene rings is 3. The monoisotopic (exact) mass is 601 g/mol. The topological polar surface area (TPSA) is 105 Å². The summed E-state index contributed by atoms with van der Waals surface area (Å²) >= 11 is 6.08. The molecule has 9 nitrogen and oxygen atoms in total. The molecular weight excluding hydrogens is 566 g/mol. The SMILES string of the molecule is CC[C@@H](C)NC(=O)[C@H](C)N(Cc1ccccc1)C(=O)CN(c1ccc(Cl)cc1)S(=O)(=O)c1ccc(OC)c(OC)c1. The largest absolute Gasteiger partial charge is 0.493 e. The fourth-order valence-corrected chi connectivity index (χ4v) is 5.62. The van der Waals surface area contributed by atoms with Gasteiger partial charge in [-0.25, -0.2) is 8.42 Å². The van der Waals surface area contributed by atoms with E-state index in [1.807, 2.05) is 44.2 Å². The molecule has 0 bridgehead atoms. The van der Waals surface area contributed by atoms with E-state index in [0.29, 0.717) is 10.8 Å². The Morgan fingerprint density at radius 3 is 2.15 bits per heavy atom. The summed E-state index contributed by atoms with van der Waals surface area (Å²) in [6.45, 7) is 5.01. The number of anilines is 1. The van der Waals surface area contributed by atoms with Gasteiger partial charge in [-0.2, -0.15) is 0 Å². The van der Waals surface area contributed by atoms with Crippen LogP contribution in [-0.2, 0) is 26.2 Å². The molecule has 2 amide bonds. The minimum Gasteiger partial charge on any atom is -0.493 e. The maximum atomic E-state index is 14.0. The van der Waals surface area contributed by atoms with Gasteiger partial charge in [-0.1, -0.05) is 48.9 Å². The third-order valence-corrected chi connectivity index (χ3v) is 8.72. The molecule has 3 rings (SSSR count). The number of rotatable bonds is 13. The van der Waals surface area contributed by atoms with Crippen LogP contribution in [0.15, 0.2) is 77.7 Å². The quantitative estimate of drug-likeness (QED) is 0.299. The molecule has 0 saturated heterocycles. The minimum atomic E-state index is -4.29. The molecule has 3 aromatic carbocycles. The van der Waals surface area contributed by atoms with E-state index in [0.717, 1.165) is 16.3 Å². The van der Waals surface area contributed by atoms with Gasteiger partial charge in [0.1, 0.15) is 12.6 Å². The van der Waals surface area contributed by atoms with E-state index in [1.165, 1.54) is 49.5 Å². The van der Waals surface area contributed by atoms with Gasteiger partial charge in [0.2, 0.25) is 11.8 Å². The van der Waals surface area contributed by atoms with Crippen LogP contribution in [0.3, 0.4) is 0 Å². The molecule has 41 heavy (non-hydrogen) atoms. The number of carbonyl (C=O) groups is 2. The Morgan fingerprint density at radius 2 is 1.56 bits per heavy atom. The third-order valence-electron chi connectivity index (χ3n) is 6.70. The Kier molecular flexibility index (Phi) is 11.0. The molecule has 0 aromatic heterocycles. The van der Waals surface area contributed by atoms with Gasteiger partial charge in [0.15, 0.2) is 11.5 Å². The molecule has 0 heterocycles. The van der Waals surface area contributed by atoms with Gasteiger partial charge in [-0.15, -0.1) is 0 Å². The first kappa shape index (κ1) is 31.8. The smallest absolute Gasteiger partial charge is 0.264 e. The Bertz CT molecular complexity index is 1430. The number of hydrogen-bond acceptors (Lipinski definition) is 6. The second-order valence-electron chi connectivity index (χ2n) is 9.51. The van der Waals surface area contributed by atoms with Crippen LogP contribution in [0.25, 0.3) is 0 Å². The van der Waals surface area contributed by atoms with Gasteiger partial charge in [0, 0.05) is 23.7 Å². The standard InChI is InChI=1S/C30H36ClN3O6S/c1-6-21(2)32-30(36)22(3)33(19-23-10-8-7-9-11-23)29(35)20-34(25-14-12-24(31)13-15-25)41(37,38)26-16-17-27(39-4)28(18-26)40-5/h7-18,21-22H,6,19-20H2,1-5H3,(H,32,36)/t21-,22+/m1/s1. The number of carbonyl (C=O) groups excluding carboxylic acids is 2. The van der Waals surface area contributed by atoms with E-state index in [9.17, 15) is 18.0 Å². The number of nitrogens with zero attached hydrogens (tertiary/aromatic N) is 2. The number of amides is 2. The third kappa shape index (κ3) is 7.92. The van der Waals surface area contributed by atoms with Crippen molar-refractivity contribution < 1.29 is 27.5 Å². The zero-order chi connectivity index (χ0) is 30.2. The number of nitrogens with one attached hydrogen (secondary N) is 1. The van der Waals surface area contributed by atoms with E-state index < -0.39 is 28.5 Å². The zero-order valence-electron chi connectivity index (χ0n) is 23.8. The summed E-state index contributed by atoms with van der Waals surface area (Å²) in [5.74, 6) is -0.308. The van der Waals surface area contributed by atoms with Crippen LogP contribution in [0.5, 0.6) is 11.5 Å². The lowest BCUT2D eigenvalue weighted by molar-refractivity contribution is -0.139. The van der Waals surface area contributed by atoms with E-state index in [4.69, 9.17) is 21.1 Å². The van der Waals surface area contributed by atoms with Crippen LogP contribution in [0.4, 0.5) is 5.69 Å². The predicted molar refractivity (Wildman–Crippen MR) is 160 cm³/mol. The fourth-order valence-electron chi connectivity index (χ4n) is 4.07. The van der Waals surface area contributed by atoms with Crippen molar-refractivity contribution >= 4 is 39.1 Å². The van der Waals surface area contributed by atoms with Gasteiger partial charge in [0.05, 0.1) is 24.8 Å². The minimum absolute atomic E-state index is 0.0883. The highest BCUT2D eigenvalue weighted by Gasteiger charge is 2.33.